The molecule has 0 radical (unpaired) electrons. The van der Waals surface area contributed by atoms with Crippen LogP contribution in [0.3, 0.4) is 0 Å². The maximum absolute atomic E-state index is 12.9. The first-order valence-electron chi connectivity index (χ1n) is 9.35. The molecule has 0 spiro atoms. The molecule has 4 aromatic heterocycles. The number of rotatable bonds is 5. The lowest BCUT2D eigenvalue weighted by Gasteiger charge is -2.06. The molecule has 152 valence electrons. The SMILES string of the molecule is O=C(Nc1ccc(-n2cccn2)nc1)c1cc(-c2ccco2)n(-c2ccc(Cl)cc2)n1. The van der Waals surface area contributed by atoms with Gasteiger partial charge in [0.25, 0.3) is 5.91 Å². The Morgan fingerprint density at radius 2 is 1.94 bits per heavy atom. The summed E-state index contributed by atoms with van der Waals surface area (Å²) in [6.07, 6.45) is 6.60. The Kier molecular flexibility index (Phi) is 4.81. The van der Waals surface area contributed by atoms with Gasteiger partial charge < -0.3 is 9.73 Å². The third kappa shape index (κ3) is 3.84. The quantitative estimate of drug-likeness (QED) is 0.439. The molecule has 1 amide bonds. The number of furan rings is 1. The summed E-state index contributed by atoms with van der Waals surface area (Å²) in [6.45, 7) is 0. The van der Waals surface area contributed by atoms with E-state index in [2.05, 4.69) is 20.5 Å². The number of hydrogen-bond acceptors (Lipinski definition) is 5. The minimum absolute atomic E-state index is 0.234. The molecule has 0 aliphatic heterocycles. The molecule has 0 aliphatic rings. The lowest BCUT2D eigenvalue weighted by molar-refractivity contribution is 0.102. The van der Waals surface area contributed by atoms with Crippen LogP contribution >= 0.6 is 11.6 Å². The predicted molar refractivity (Wildman–Crippen MR) is 116 cm³/mol. The zero-order chi connectivity index (χ0) is 21.2. The highest BCUT2D eigenvalue weighted by molar-refractivity contribution is 6.30. The summed E-state index contributed by atoms with van der Waals surface area (Å²) in [5.74, 6) is 0.871. The summed E-state index contributed by atoms with van der Waals surface area (Å²) >= 11 is 6.00. The molecule has 5 aromatic rings. The fraction of sp³-hybridized carbons (Fsp3) is 0. The number of halogens is 1. The Balaban J connectivity index is 1.44. The number of anilines is 1. The van der Waals surface area contributed by atoms with Crippen LogP contribution in [0.4, 0.5) is 5.69 Å². The van der Waals surface area contributed by atoms with Crippen molar-refractivity contribution in [3.05, 3.63) is 96.2 Å². The molecule has 5 rings (SSSR count). The van der Waals surface area contributed by atoms with Crippen molar-refractivity contribution >= 4 is 23.2 Å². The van der Waals surface area contributed by atoms with Crippen LogP contribution in [0.25, 0.3) is 23.0 Å². The summed E-state index contributed by atoms with van der Waals surface area (Å²) in [7, 11) is 0. The van der Waals surface area contributed by atoms with Gasteiger partial charge in [-0.1, -0.05) is 11.6 Å². The van der Waals surface area contributed by atoms with Gasteiger partial charge in [0.2, 0.25) is 0 Å². The van der Waals surface area contributed by atoms with Gasteiger partial charge in [0.05, 0.1) is 23.8 Å². The van der Waals surface area contributed by atoms with Crippen molar-refractivity contribution in [3.63, 3.8) is 0 Å². The van der Waals surface area contributed by atoms with Gasteiger partial charge in [0.15, 0.2) is 17.3 Å². The number of aromatic nitrogens is 5. The van der Waals surface area contributed by atoms with Crippen LogP contribution in [0.2, 0.25) is 5.02 Å². The molecule has 4 heterocycles. The second kappa shape index (κ2) is 7.92. The molecular formula is C22H15ClN6O2. The monoisotopic (exact) mass is 430 g/mol. The van der Waals surface area contributed by atoms with Crippen molar-refractivity contribution in [2.45, 2.75) is 0 Å². The molecule has 0 saturated carbocycles. The van der Waals surface area contributed by atoms with E-state index >= 15 is 0 Å². The lowest BCUT2D eigenvalue weighted by atomic mass is 10.2. The van der Waals surface area contributed by atoms with E-state index in [-0.39, 0.29) is 11.6 Å². The molecule has 8 nitrogen and oxygen atoms in total. The normalized spacial score (nSPS) is 10.9. The van der Waals surface area contributed by atoms with Gasteiger partial charge in [-0.05, 0) is 54.6 Å². The number of pyridine rings is 1. The van der Waals surface area contributed by atoms with Gasteiger partial charge in [-0.15, -0.1) is 0 Å². The topological polar surface area (TPSA) is 90.8 Å². The first kappa shape index (κ1) is 18.8. The highest BCUT2D eigenvalue weighted by Gasteiger charge is 2.18. The third-order valence-corrected chi connectivity index (χ3v) is 4.78. The number of nitrogens with one attached hydrogen (secondary N) is 1. The number of nitrogens with zero attached hydrogens (tertiary/aromatic N) is 5. The Morgan fingerprint density at radius 3 is 2.61 bits per heavy atom. The van der Waals surface area contributed by atoms with Gasteiger partial charge in [0, 0.05) is 23.5 Å². The largest absolute Gasteiger partial charge is 0.463 e. The molecular weight excluding hydrogens is 416 g/mol. The van der Waals surface area contributed by atoms with Gasteiger partial charge in [-0.3, -0.25) is 4.79 Å². The fourth-order valence-corrected chi connectivity index (χ4v) is 3.19. The van der Waals surface area contributed by atoms with Crippen LogP contribution in [-0.4, -0.2) is 30.5 Å². The summed E-state index contributed by atoms with van der Waals surface area (Å²) in [6, 6.07) is 17.8. The van der Waals surface area contributed by atoms with Crippen LogP contribution < -0.4 is 5.32 Å². The van der Waals surface area contributed by atoms with Crippen molar-refractivity contribution in [2.24, 2.45) is 0 Å². The van der Waals surface area contributed by atoms with Crippen LogP contribution in [0, 0.1) is 0 Å². The van der Waals surface area contributed by atoms with Gasteiger partial charge in [-0.2, -0.15) is 10.2 Å². The maximum Gasteiger partial charge on any atom is 0.276 e. The first-order chi connectivity index (χ1) is 15.2. The van der Waals surface area contributed by atoms with E-state index < -0.39 is 0 Å². The molecule has 1 N–H and O–H groups in total. The standard InChI is InChI=1S/C22H15ClN6O2/c23-15-4-7-17(8-5-15)29-19(20-3-1-12-31-20)13-18(27-29)22(30)26-16-6-9-21(24-14-16)28-11-2-10-25-28/h1-14H,(H,26,30). The van der Waals surface area contributed by atoms with Crippen molar-refractivity contribution in [1.82, 2.24) is 24.5 Å². The lowest BCUT2D eigenvalue weighted by Crippen LogP contribution is -2.13. The number of hydrogen-bond donors (Lipinski definition) is 1. The van der Waals surface area contributed by atoms with Crippen LogP contribution in [0.1, 0.15) is 10.5 Å². The molecule has 31 heavy (non-hydrogen) atoms. The molecule has 9 heteroatoms. The predicted octanol–water partition coefficient (Wildman–Crippen LogP) is 4.62. The summed E-state index contributed by atoms with van der Waals surface area (Å²) in [4.78, 5) is 17.2. The second-order valence-corrected chi connectivity index (χ2v) is 7.03. The van der Waals surface area contributed by atoms with E-state index in [4.69, 9.17) is 16.0 Å². The average molecular weight is 431 g/mol. The van der Waals surface area contributed by atoms with Crippen molar-refractivity contribution in [3.8, 4) is 23.0 Å². The van der Waals surface area contributed by atoms with Gasteiger partial charge >= 0.3 is 0 Å². The van der Waals surface area contributed by atoms with E-state index in [1.165, 1.54) is 0 Å². The average Bonchev–Trinajstić information content (AvgIpc) is 3.56. The van der Waals surface area contributed by atoms with E-state index in [9.17, 15) is 4.79 Å². The van der Waals surface area contributed by atoms with Crippen LogP contribution in [0.5, 0.6) is 0 Å². The first-order valence-corrected chi connectivity index (χ1v) is 9.72. The second-order valence-electron chi connectivity index (χ2n) is 6.59. The number of benzene rings is 1. The van der Waals surface area contributed by atoms with Crippen LogP contribution in [-0.2, 0) is 0 Å². The van der Waals surface area contributed by atoms with Gasteiger partial charge in [0.1, 0.15) is 5.69 Å². The van der Waals surface area contributed by atoms with E-state index in [1.54, 1.807) is 70.6 Å². The van der Waals surface area contributed by atoms with Crippen LogP contribution in [0.15, 0.2) is 89.9 Å². The van der Waals surface area contributed by atoms with Crippen molar-refractivity contribution in [1.29, 1.82) is 0 Å². The minimum Gasteiger partial charge on any atom is -0.463 e. The molecule has 0 bridgehead atoms. The zero-order valence-corrected chi connectivity index (χ0v) is 16.8. The van der Waals surface area contributed by atoms with E-state index in [0.717, 1.165) is 5.69 Å². The minimum atomic E-state index is -0.367. The molecule has 0 aliphatic carbocycles. The maximum atomic E-state index is 12.9. The summed E-state index contributed by atoms with van der Waals surface area (Å²) in [5, 5.41) is 12.0. The molecule has 1 aromatic carbocycles. The fourth-order valence-electron chi connectivity index (χ4n) is 3.07. The Hall–Kier alpha value is -4.17. The number of amides is 1. The smallest absolute Gasteiger partial charge is 0.276 e. The molecule has 0 saturated heterocycles. The van der Waals surface area contributed by atoms with Crippen molar-refractivity contribution < 1.29 is 9.21 Å². The van der Waals surface area contributed by atoms with Crippen molar-refractivity contribution in [2.75, 3.05) is 5.32 Å². The zero-order valence-electron chi connectivity index (χ0n) is 16.0. The molecule has 0 fully saturated rings. The highest BCUT2D eigenvalue weighted by atomic mass is 35.5. The van der Waals surface area contributed by atoms with Gasteiger partial charge in [-0.25, -0.2) is 14.3 Å². The summed E-state index contributed by atoms with van der Waals surface area (Å²) in [5.41, 5.74) is 2.17. The molecule has 0 unspecified atom stereocenters. The number of carbonyl (C=O) groups excluding carboxylic acids is 1. The van der Waals surface area contributed by atoms with E-state index in [0.29, 0.717) is 28.0 Å². The number of carbonyl (C=O) groups is 1. The van der Waals surface area contributed by atoms with E-state index in [1.807, 2.05) is 24.3 Å². The Labute approximate surface area is 181 Å². The summed E-state index contributed by atoms with van der Waals surface area (Å²) < 4.78 is 8.80. The highest BCUT2D eigenvalue weighted by Crippen LogP contribution is 2.25. The Morgan fingerprint density at radius 1 is 1.06 bits per heavy atom. The third-order valence-electron chi connectivity index (χ3n) is 4.53. The Bertz CT molecular complexity index is 1310. The molecule has 0 atom stereocenters.